The predicted octanol–water partition coefficient (Wildman–Crippen LogP) is 5.15. The Morgan fingerprint density at radius 1 is 1.09 bits per heavy atom. The van der Waals surface area contributed by atoms with Gasteiger partial charge in [-0.15, -0.1) is 0 Å². The van der Waals surface area contributed by atoms with E-state index >= 15 is 0 Å². The molecule has 4 aliphatic rings. The Labute approximate surface area is 211 Å². The Morgan fingerprint density at radius 2 is 1.83 bits per heavy atom. The first-order valence-electron chi connectivity index (χ1n) is 13.5. The summed E-state index contributed by atoms with van der Waals surface area (Å²) in [7, 11) is 5.83. The highest BCUT2D eigenvalue weighted by Crippen LogP contribution is 2.70. The summed E-state index contributed by atoms with van der Waals surface area (Å²) >= 11 is 0. The van der Waals surface area contributed by atoms with Crippen LogP contribution in [0.15, 0.2) is 35.9 Å². The molecule has 1 aromatic carbocycles. The largest absolute Gasteiger partial charge is 0.389 e. The third-order valence-corrected chi connectivity index (χ3v) is 10.6. The van der Waals surface area contributed by atoms with Gasteiger partial charge in [0.15, 0.2) is 0 Å². The fourth-order valence-corrected chi connectivity index (χ4v) is 8.70. The van der Waals surface area contributed by atoms with Crippen molar-refractivity contribution in [3.05, 3.63) is 41.5 Å². The van der Waals surface area contributed by atoms with Crippen molar-refractivity contribution in [1.29, 1.82) is 0 Å². The molecule has 4 nitrogen and oxygen atoms in total. The average Bonchev–Trinajstić information content (AvgIpc) is 3.09. The first-order chi connectivity index (χ1) is 16.6. The quantitative estimate of drug-likeness (QED) is 0.467. The van der Waals surface area contributed by atoms with Crippen molar-refractivity contribution in [2.24, 2.45) is 28.6 Å². The number of ether oxygens (including phenoxy) is 1. The van der Waals surface area contributed by atoms with Gasteiger partial charge in [0.25, 0.3) is 0 Å². The Kier molecular flexibility index (Phi) is 6.36. The van der Waals surface area contributed by atoms with E-state index in [1.807, 2.05) is 0 Å². The Morgan fingerprint density at radius 3 is 2.51 bits per heavy atom. The number of nitrogens with zero attached hydrogens (tertiary/aromatic N) is 1. The van der Waals surface area contributed by atoms with E-state index in [9.17, 15) is 10.2 Å². The molecule has 0 radical (unpaired) electrons. The minimum Gasteiger partial charge on any atom is -0.389 e. The van der Waals surface area contributed by atoms with Crippen molar-refractivity contribution in [2.75, 3.05) is 32.7 Å². The van der Waals surface area contributed by atoms with Crippen molar-refractivity contribution >= 4 is 5.69 Å². The zero-order valence-corrected chi connectivity index (χ0v) is 22.2. The van der Waals surface area contributed by atoms with E-state index in [0.717, 1.165) is 44.9 Å². The van der Waals surface area contributed by atoms with Crippen LogP contribution in [-0.4, -0.2) is 49.7 Å². The van der Waals surface area contributed by atoms with Crippen molar-refractivity contribution in [3.8, 4) is 11.8 Å². The van der Waals surface area contributed by atoms with Gasteiger partial charge in [0.1, 0.15) is 12.2 Å². The number of rotatable bonds is 3. The highest BCUT2D eigenvalue weighted by molar-refractivity contribution is 5.47. The van der Waals surface area contributed by atoms with Crippen LogP contribution in [0.3, 0.4) is 0 Å². The Balaban J connectivity index is 1.61. The van der Waals surface area contributed by atoms with Gasteiger partial charge >= 0.3 is 0 Å². The van der Waals surface area contributed by atoms with Gasteiger partial charge in [-0.3, -0.25) is 0 Å². The maximum Gasteiger partial charge on any atom is 0.131 e. The molecule has 1 aromatic rings. The minimum absolute atomic E-state index is 0.108. The standard InChI is InChI=1S/C31H43NO3/c1-29-16-13-24(33)19-22(29)9-12-25-27-14-17-31(34,15-6-18-35-5)30(27,2)20-26(28(25)29)21-7-10-23(11-8-21)32(3)4/h7-8,10-11,19,24-28,33-34H,9,12-14,16-18,20H2,1-5H3/t24?,25-,26+,27-,28+,29-,30-,31-/m0/s1. The van der Waals surface area contributed by atoms with E-state index in [-0.39, 0.29) is 16.9 Å². The van der Waals surface area contributed by atoms with Crippen LogP contribution in [0, 0.1) is 40.4 Å². The van der Waals surface area contributed by atoms with Gasteiger partial charge in [0.2, 0.25) is 0 Å². The van der Waals surface area contributed by atoms with Crippen LogP contribution >= 0.6 is 0 Å². The summed E-state index contributed by atoms with van der Waals surface area (Å²) in [5.41, 5.74) is 2.97. The fourth-order valence-electron chi connectivity index (χ4n) is 8.70. The van der Waals surface area contributed by atoms with Crippen molar-refractivity contribution in [3.63, 3.8) is 0 Å². The number of anilines is 1. The molecule has 8 atom stereocenters. The van der Waals surface area contributed by atoms with Crippen LogP contribution in [-0.2, 0) is 4.74 Å². The smallest absolute Gasteiger partial charge is 0.131 e. The van der Waals surface area contributed by atoms with E-state index in [2.05, 4.69) is 75.0 Å². The molecule has 4 aliphatic carbocycles. The molecule has 2 N–H and O–H groups in total. The van der Waals surface area contributed by atoms with Crippen molar-refractivity contribution < 1.29 is 14.9 Å². The number of aliphatic hydroxyl groups is 2. The SMILES string of the molecule is COCC#C[C@]1(O)CC[C@H]2[C@@H]3CCC4=CC(O)CC[C@]4(C)[C@H]3[C@@H](c3ccc(N(C)C)cc3)C[C@@]21C. The predicted molar refractivity (Wildman–Crippen MR) is 141 cm³/mol. The van der Waals surface area contributed by atoms with Gasteiger partial charge in [-0.2, -0.15) is 0 Å². The van der Waals surface area contributed by atoms with Crippen molar-refractivity contribution in [1.82, 2.24) is 0 Å². The van der Waals surface area contributed by atoms with E-state index in [0.29, 0.717) is 30.3 Å². The highest BCUT2D eigenvalue weighted by Gasteiger charge is 2.66. The average molecular weight is 478 g/mol. The Bertz CT molecular complexity index is 1040. The molecule has 0 aromatic heterocycles. The number of hydrogen-bond acceptors (Lipinski definition) is 4. The molecule has 0 heterocycles. The molecule has 3 fully saturated rings. The molecule has 3 saturated carbocycles. The second-order valence-corrected chi connectivity index (χ2v) is 12.4. The van der Waals surface area contributed by atoms with E-state index < -0.39 is 5.60 Å². The Hall–Kier alpha value is -1.80. The number of aliphatic hydroxyl groups excluding tert-OH is 1. The van der Waals surface area contributed by atoms with Gasteiger partial charge in [-0.25, -0.2) is 0 Å². The molecule has 0 bridgehead atoms. The lowest BCUT2D eigenvalue weighted by atomic mass is 9.43. The zero-order valence-electron chi connectivity index (χ0n) is 22.2. The monoisotopic (exact) mass is 477 g/mol. The molecular weight excluding hydrogens is 434 g/mol. The van der Waals surface area contributed by atoms with Crippen LogP contribution < -0.4 is 4.90 Å². The third kappa shape index (κ3) is 3.86. The number of methoxy groups -OCH3 is 1. The molecule has 35 heavy (non-hydrogen) atoms. The zero-order chi connectivity index (χ0) is 25.0. The molecule has 190 valence electrons. The van der Waals surface area contributed by atoms with E-state index in [1.165, 1.54) is 16.8 Å². The van der Waals surface area contributed by atoms with Crippen LogP contribution in [0.2, 0.25) is 0 Å². The van der Waals surface area contributed by atoms with Gasteiger partial charge in [-0.05, 0) is 91.7 Å². The summed E-state index contributed by atoms with van der Waals surface area (Å²) in [6.07, 6.45) is 8.74. The molecule has 0 saturated heterocycles. The van der Waals surface area contributed by atoms with Gasteiger partial charge in [0.05, 0.1) is 6.10 Å². The molecule has 0 spiro atoms. The van der Waals surface area contributed by atoms with Crippen LogP contribution in [0.4, 0.5) is 5.69 Å². The fraction of sp³-hybridized carbons (Fsp3) is 0.677. The van der Waals surface area contributed by atoms with Crippen LogP contribution in [0.25, 0.3) is 0 Å². The number of benzene rings is 1. The maximum absolute atomic E-state index is 12.0. The summed E-state index contributed by atoms with van der Waals surface area (Å²) in [6.45, 7) is 5.16. The second-order valence-electron chi connectivity index (χ2n) is 12.4. The molecular formula is C31H43NO3. The maximum atomic E-state index is 12.0. The molecule has 4 heteroatoms. The second kappa shape index (κ2) is 8.94. The number of allylic oxidation sites excluding steroid dienone is 1. The first-order valence-corrected chi connectivity index (χ1v) is 13.5. The first kappa shape index (κ1) is 24.9. The summed E-state index contributed by atoms with van der Waals surface area (Å²) in [5.74, 6) is 8.31. The highest BCUT2D eigenvalue weighted by atomic mass is 16.5. The molecule has 5 rings (SSSR count). The van der Waals surface area contributed by atoms with Crippen LogP contribution in [0.1, 0.15) is 70.3 Å². The molecule has 1 unspecified atom stereocenters. The van der Waals surface area contributed by atoms with E-state index in [1.54, 1.807) is 7.11 Å². The minimum atomic E-state index is -0.969. The summed E-state index contributed by atoms with van der Waals surface area (Å²) < 4.78 is 5.19. The summed E-state index contributed by atoms with van der Waals surface area (Å²) in [4.78, 5) is 2.15. The normalized spacial score (nSPS) is 42.1. The topological polar surface area (TPSA) is 52.9 Å². The van der Waals surface area contributed by atoms with Gasteiger partial charge < -0.3 is 19.8 Å². The molecule has 0 amide bonds. The summed E-state index contributed by atoms with van der Waals surface area (Å²) in [5, 5.41) is 22.4. The van der Waals surface area contributed by atoms with Crippen molar-refractivity contribution in [2.45, 2.75) is 76.4 Å². The number of hydrogen-bond donors (Lipinski definition) is 2. The summed E-state index contributed by atoms with van der Waals surface area (Å²) in [6, 6.07) is 9.13. The number of fused-ring (bicyclic) bond motifs is 5. The van der Waals surface area contributed by atoms with Crippen LogP contribution in [0.5, 0.6) is 0 Å². The molecule has 0 aliphatic heterocycles. The third-order valence-electron chi connectivity index (χ3n) is 10.6. The lowest BCUT2D eigenvalue weighted by molar-refractivity contribution is -0.112. The lowest BCUT2D eigenvalue weighted by Crippen LogP contribution is -2.57. The lowest BCUT2D eigenvalue weighted by Gasteiger charge is -2.62. The van der Waals surface area contributed by atoms with E-state index in [4.69, 9.17) is 4.74 Å². The van der Waals surface area contributed by atoms with Gasteiger partial charge in [0, 0.05) is 32.3 Å². The van der Waals surface area contributed by atoms with Gasteiger partial charge in [-0.1, -0.05) is 49.5 Å².